The quantitative estimate of drug-likeness (QED) is 0.603. The number of rotatable bonds is 1. The van der Waals surface area contributed by atoms with Crippen LogP contribution in [0.1, 0.15) is 13.3 Å². The van der Waals surface area contributed by atoms with Gasteiger partial charge in [-0.15, -0.1) is 0 Å². The van der Waals surface area contributed by atoms with Gasteiger partial charge >= 0.3 is 0 Å². The summed E-state index contributed by atoms with van der Waals surface area (Å²) in [4.78, 5) is 13.6. The summed E-state index contributed by atoms with van der Waals surface area (Å²) in [5, 5.41) is 3.07. The van der Waals surface area contributed by atoms with Crippen LogP contribution >= 0.6 is 0 Å². The lowest BCUT2D eigenvalue weighted by Gasteiger charge is -2.40. The lowest BCUT2D eigenvalue weighted by Crippen LogP contribution is -2.58. The van der Waals surface area contributed by atoms with Crippen molar-refractivity contribution >= 4 is 5.91 Å². The first-order chi connectivity index (χ1) is 6.22. The van der Waals surface area contributed by atoms with Crippen molar-refractivity contribution in [3.05, 3.63) is 0 Å². The number of carbonyl (C=O) groups excluding carboxylic acids is 1. The van der Waals surface area contributed by atoms with Crippen LogP contribution in [-0.2, 0) is 9.53 Å². The fourth-order valence-corrected chi connectivity index (χ4v) is 2.05. The molecule has 0 aromatic heterocycles. The Hall–Kier alpha value is -0.610. The van der Waals surface area contributed by atoms with Crippen molar-refractivity contribution in [1.29, 1.82) is 0 Å². The Kier molecular flexibility index (Phi) is 2.26. The van der Waals surface area contributed by atoms with Crippen LogP contribution in [0.15, 0.2) is 0 Å². The summed E-state index contributed by atoms with van der Waals surface area (Å²) in [6.45, 7) is 5.80. The lowest BCUT2D eigenvalue weighted by molar-refractivity contribution is -0.138. The molecule has 4 nitrogen and oxygen atoms in total. The Morgan fingerprint density at radius 2 is 2.46 bits per heavy atom. The van der Waals surface area contributed by atoms with E-state index in [1.807, 2.05) is 4.90 Å². The maximum absolute atomic E-state index is 11.6. The number of amides is 1. The van der Waals surface area contributed by atoms with Crippen LogP contribution in [0.3, 0.4) is 0 Å². The van der Waals surface area contributed by atoms with Crippen LogP contribution in [-0.4, -0.2) is 49.2 Å². The van der Waals surface area contributed by atoms with Gasteiger partial charge in [0.25, 0.3) is 0 Å². The Bertz CT molecular complexity index is 212. The second kappa shape index (κ2) is 3.27. The normalized spacial score (nSPS) is 35.5. The minimum atomic E-state index is -0.0425. The summed E-state index contributed by atoms with van der Waals surface area (Å²) >= 11 is 0. The number of piperazine rings is 1. The standard InChI is InChI=1S/C9H16N2O2/c1-9(2-5-13-7-9)11-4-3-10-6-8(11)12/h10H,2-7H2,1H3. The van der Waals surface area contributed by atoms with E-state index in [4.69, 9.17) is 4.74 Å². The third-order valence-electron chi connectivity index (χ3n) is 2.94. The molecule has 0 saturated carbocycles. The summed E-state index contributed by atoms with van der Waals surface area (Å²) in [5.74, 6) is 0.208. The molecule has 2 aliphatic rings. The zero-order valence-corrected chi connectivity index (χ0v) is 8.01. The second-order valence-electron chi connectivity index (χ2n) is 4.02. The second-order valence-corrected chi connectivity index (χ2v) is 4.02. The van der Waals surface area contributed by atoms with Gasteiger partial charge in [-0.2, -0.15) is 0 Å². The van der Waals surface area contributed by atoms with E-state index in [0.29, 0.717) is 13.2 Å². The van der Waals surface area contributed by atoms with E-state index < -0.39 is 0 Å². The number of ether oxygens (including phenoxy) is 1. The van der Waals surface area contributed by atoms with E-state index in [2.05, 4.69) is 12.2 Å². The van der Waals surface area contributed by atoms with Crippen molar-refractivity contribution in [2.24, 2.45) is 0 Å². The largest absolute Gasteiger partial charge is 0.379 e. The molecule has 2 rings (SSSR count). The molecule has 2 heterocycles. The van der Waals surface area contributed by atoms with Crippen LogP contribution in [0.2, 0.25) is 0 Å². The van der Waals surface area contributed by atoms with Crippen molar-refractivity contribution < 1.29 is 9.53 Å². The Morgan fingerprint density at radius 1 is 1.62 bits per heavy atom. The molecular formula is C9H16N2O2. The Balaban J connectivity index is 2.08. The summed E-state index contributed by atoms with van der Waals surface area (Å²) in [7, 11) is 0. The Morgan fingerprint density at radius 3 is 3.08 bits per heavy atom. The fourth-order valence-electron chi connectivity index (χ4n) is 2.05. The maximum atomic E-state index is 11.6. The highest BCUT2D eigenvalue weighted by Crippen LogP contribution is 2.25. The van der Waals surface area contributed by atoms with Crippen molar-refractivity contribution in [3.8, 4) is 0 Å². The van der Waals surface area contributed by atoms with Crippen molar-refractivity contribution in [1.82, 2.24) is 10.2 Å². The summed E-state index contributed by atoms with van der Waals surface area (Å²) in [6.07, 6.45) is 0.971. The van der Waals surface area contributed by atoms with Crippen molar-refractivity contribution in [3.63, 3.8) is 0 Å². The molecule has 74 valence electrons. The molecule has 0 bridgehead atoms. The predicted octanol–water partition coefficient (Wildman–Crippen LogP) is -0.403. The van der Waals surface area contributed by atoms with E-state index in [-0.39, 0.29) is 11.4 Å². The number of carbonyl (C=O) groups is 1. The van der Waals surface area contributed by atoms with Crippen molar-refractivity contribution in [2.45, 2.75) is 18.9 Å². The van der Waals surface area contributed by atoms with Crippen LogP contribution in [0.4, 0.5) is 0 Å². The van der Waals surface area contributed by atoms with Crippen LogP contribution in [0, 0.1) is 0 Å². The maximum Gasteiger partial charge on any atom is 0.237 e. The number of nitrogens with zero attached hydrogens (tertiary/aromatic N) is 1. The molecule has 0 radical (unpaired) electrons. The van der Waals surface area contributed by atoms with Gasteiger partial charge in [0.1, 0.15) is 0 Å². The molecule has 1 amide bonds. The van der Waals surface area contributed by atoms with Crippen LogP contribution in [0.25, 0.3) is 0 Å². The number of hydrogen-bond donors (Lipinski definition) is 1. The van der Waals surface area contributed by atoms with Gasteiger partial charge in [0, 0.05) is 19.7 Å². The van der Waals surface area contributed by atoms with Gasteiger partial charge in [-0.05, 0) is 13.3 Å². The summed E-state index contributed by atoms with van der Waals surface area (Å²) < 4.78 is 5.35. The first kappa shape index (κ1) is 8.97. The molecule has 2 saturated heterocycles. The first-order valence-corrected chi connectivity index (χ1v) is 4.81. The fraction of sp³-hybridized carbons (Fsp3) is 0.889. The predicted molar refractivity (Wildman–Crippen MR) is 48.4 cm³/mol. The SMILES string of the molecule is CC1(N2CCNCC2=O)CCOC1. The molecule has 1 atom stereocenters. The average molecular weight is 184 g/mol. The smallest absolute Gasteiger partial charge is 0.237 e. The van der Waals surface area contributed by atoms with Gasteiger partial charge in [0.2, 0.25) is 5.91 Å². The third-order valence-corrected chi connectivity index (χ3v) is 2.94. The van der Waals surface area contributed by atoms with E-state index >= 15 is 0 Å². The monoisotopic (exact) mass is 184 g/mol. The zero-order valence-electron chi connectivity index (χ0n) is 8.01. The molecule has 0 aromatic rings. The molecule has 1 N–H and O–H groups in total. The molecular weight excluding hydrogens is 168 g/mol. The van der Waals surface area contributed by atoms with Gasteiger partial charge in [-0.1, -0.05) is 0 Å². The van der Waals surface area contributed by atoms with E-state index in [0.717, 1.165) is 26.1 Å². The molecule has 13 heavy (non-hydrogen) atoms. The first-order valence-electron chi connectivity index (χ1n) is 4.81. The van der Waals surface area contributed by atoms with Gasteiger partial charge < -0.3 is 15.0 Å². The van der Waals surface area contributed by atoms with Gasteiger partial charge in [0.15, 0.2) is 0 Å². The average Bonchev–Trinajstić information content (AvgIpc) is 2.54. The molecule has 0 spiro atoms. The van der Waals surface area contributed by atoms with Gasteiger partial charge in [-0.25, -0.2) is 0 Å². The molecule has 0 aliphatic carbocycles. The zero-order chi connectivity index (χ0) is 9.31. The highest BCUT2D eigenvalue weighted by molar-refractivity contribution is 5.79. The molecule has 0 aromatic carbocycles. The van der Waals surface area contributed by atoms with Crippen LogP contribution in [0.5, 0.6) is 0 Å². The minimum Gasteiger partial charge on any atom is -0.379 e. The minimum absolute atomic E-state index is 0.0425. The van der Waals surface area contributed by atoms with Crippen LogP contribution < -0.4 is 5.32 Å². The third kappa shape index (κ3) is 1.56. The summed E-state index contributed by atoms with van der Waals surface area (Å²) in [6, 6.07) is 0. The summed E-state index contributed by atoms with van der Waals surface area (Å²) in [5.41, 5.74) is -0.0425. The molecule has 2 fully saturated rings. The molecule has 4 heteroatoms. The van der Waals surface area contributed by atoms with Crippen molar-refractivity contribution in [2.75, 3.05) is 32.8 Å². The van der Waals surface area contributed by atoms with E-state index in [9.17, 15) is 4.79 Å². The number of hydrogen-bond acceptors (Lipinski definition) is 3. The molecule has 1 unspecified atom stereocenters. The number of nitrogens with one attached hydrogen (secondary N) is 1. The van der Waals surface area contributed by atoms with E-state index in [1.54, 1.807) is 0 Å². The van der Waals surface area contributed by atoms with E-state index in [1.165, 1.54) is 0 Å². The highest BCUT2D eigenvalue weighted by Gasteiger charge is 2.39. The highest BCUT2D eigenvalue weighted by atomic mass is 16.5. The van der Waals surface area contributed by atoms with Gasteiger partial charge in [-0.3, -0.25) is 4.79 Å². The lowest BCUT2D eigenvalue weighted by atomic mass is 9.98. The molecule has 2 aliphatic heterocycles. The Labute approximate surface area is 78.2 Å². The topological polar surface area (TPSA) is 41.6 Å². The van der Waals surface area contributed by atoms with Gasteiger partial charge in [0.05, 0.1) is 18.7 Å².